The molecule has 2 saturated carbocycles. The van der Waals surface area contributed by atoms with Crippen LogP contribution in [0.25, 0.3) is 0 Å². The van der Waals surface area contributed by atoms with Crippen LogP contribution in [-0.2, 0) is 11.2 Å². The van der Waals surface area contributed by atoms with Crippen molar-refractivity contribution in [3.05, 3.63) is 35.4 Å². The minimum atomic E-state index is -2.54. The van der Waals surface area contributed by atoms with E-state index in [1.807, 2.05) is 6.92 Å². The molecule has 0 saturated heterocycles. The molecule has 0 aliphatic heterocycles. The maximum Gasteiger partial charge on any atom is 0.253 e. The fourth-order valence-electron chi connectivity index (χ4n) is 5.76. The molecular formula is C27H42F2O. The number of ether oxygens (including phenoxy) is 1. The number of hydrogen-bond donors (Lipinski definition) is 0. The first kappa shape index (κ1) is 23.7. The van der Waals surface area contributed by atoms with Crippen molar-refractivity contribution in [2.75, 3.05) is 6.61 Å². The Kier molecular flexibility index (Phi) is 9.16. The van der Waals surface area contributed by atoms with Gasteiger partial charge in [-0.2, -0.15) is 0 Å². The van der Waals surface area contributed by atoms with Crippen LogP contribution in [0.2, 0.25) is 0 Å². The normalized spacial score (nSPS) is 29.1. The minimum absolute atomic E-state index is 0.0745. The van der Waals surface area contributed by atoms with Crippen molar-refractivity contribution in [3.63, 3.8) is 0 Å². The third kappa shape index (κ3) is 6.77. The maximum atomic E-state index is 14.4. The Labute approximate surface area is 183 Å². The lowest BCUT2D eigenvalue weighted by Crippen LogP contribution is -2.39. The Morgan fingerprint density at radius 1 is 0.900 bits per heavy atom. The fourth-order valence-corrected chi connectivity index (χ4v) is 5.76. The first-order valence-corrected chi connectivity index (χ1v) is 12.6. The highest BCUT2D eigenvalue weighted by Gasteiger charge is 2.44. The Balaban J connectivity index is 1.32. The molecule has 0 N–H and O–H groups in total. The SMILES string of the molecule is CCCc1ccc(C2CCC(CCCCC3CCC(OCC)CC3(F)F)CC2)cc1. The summed E-state index contributed by atoms with van der Waals surface area (Å²) < 4.78 is 34.3. The van der Waals surface area contributed by atoms with Crippen molar-refractivity contribution >= 4 is 0 Å². The smallest absolute Gasteiger partial charge is 0.253 e. The van der Waals surface area contributed by atoms with Gasteiger partial charge in [0.25, 0.3) is 5.92 Å². The van der Waals surface area contributed by atoms with Crippen molar-refractivity contribution in [1.29, 1.82) is 0 Å². The highest BCUT2D eigenvalue weighted by atomic mass is 19.3. The van der Waals surface area contributed by atoms with E-state index in [1.54, 1.807) is 0 Å². The van der Waals surface area contributed by atoms with Gasteiger partial charge in [-0.25, -0.2) is 8.78 Å². The third-order valence-electron chi connectivity index (χ3n) is 7.59. The van der Waals surface area contributed by atoms with E-state index in [1.165, 1.54) is 56.1 Å². The molecule has 170 valence electrons. The molecular weight excluding hydrogens is 378 g/mol. The van der Waals surface area contributed by atoms with Gasteiger partial charge < -0.3 is 4.74 Å². The fraction of sp³-hybridized carbons (Fsp3) is 0.778. The molecule has 1 aromatic carbocycles. The molecule has 0 radical (unpaired) electrons. The van der Waals surface area contributed by atoms with Crippen LogP contribution in [0.3, 0.4) is 0 Å². The lowest BCUT2D eigenvalue weighted by atomic mass is 9.76. The van der Waals surface area contributed by atoms with E-state index in [4.69, 9.17) is 4.74 Å². The highest BCUT2D eigenvalue weighted by Crippen LogP contribution is 2.43. The first-order valence-electron chi connectivity index (χ1n) is 12.6. The summed E-state index contributed by atoms with van der Waals surface area (Å²) >= 11 is 0. The van der Waals surface area contributed by atoms with Crippen molar-refractivity contribution in [1.82, 2.24) is 0 Å². The Bertz CT molecular complexity index is 604. The summed E-state index contributed by atoms with van der Waals surface area (Å²) in [4.78, 5) is 0. The molecule has 2 aliphatic rings. The summed E-state index contributed by atoms with van der Waals surface area (Å²) in [6.45, 7) is 4.66. The van der Waals surface area contributed by atoms with Gasteiger partial charge in [-0.15, -0.1) is 0 Å². The standard InChI is InChI=1S/C27H42F2O/c1-3-7-21-10-14-23(15-11-21)24-16-12-22(13-17-24)8-5-6-9-25-18-19-26(30-4-2)20-27(25,28)29/h10-11,14-15,22,24-26H,3-9,12-13,16-20H2,1-2H3. The number of rotatable bonds is 10. The monoisotopic (exact) mass is 420 g/mol. The van der Waals surface area contributed by atoms with Crippen LogP contribution in [0, 0.1) is 11.8 Å². The van der Waals surface area contributed by atoms with Crippen LogP contribution in [0.4, 0.5) is 8.78 Å². The zero-order valence-corrected chi connectivity index (χ0v) is 19.2. The van der Waals surface area contributed by atoms with Gasteiger partial charge in [0.05, 0.1) is 6.10 Å². The van der Waals surface area contributed by atoms with E-state index >= 15 is 0 Å². The van der Waals surface area contributed by atoms with E-state index in [0.29, 0.717) is 19.4 Å². The molecule has 0 heterocycles. The average Bonchev–Trinajstić information content (AvgIpc) is 2.73. The van der Waals surface area contributed by atoms with Crippen LogP contribution >= 0.6 is 0 Å². The molecule has 0 aromatic heterocycles. The number of halogens is 2. The van der Waals surface area contributed by atoms with Crippen molar-refractivity contribution < 1.29 is 13.5 Å². The molecule has 0 amide bonds. The van der Waals surface area contributed by atoms with Gasteiger partial charge in [-0.1, -0.05) is 56.9 Å². The van der Waals surface area contributed by atoms with Gasteiger partial charge in [-0.05, 0) is 81.3 Å². The summed E-state index contributed by atoms with van der Waals surface area (Å²) in [6.07, 6.45) is 12.7. The highest BCUT2D eigenvalue weighted by molar-refractivity contribution is 5.25. The Hall–Kier alpha value is -0.960. The number of hydrogen-bond acceptors (Lipinski definition) is 1. The van der Waals surface area contributed by atoms with Gasteiger partial charge in [-0.3, -0.25) is 0 Å². The van der Waals surface area contributed by atoms with E-state index in [0.717, 1.165) is 31.1 Å². The molecule has 2 fully saturated rings. The molecule has 3 heteroatoms. The van der Waals surface area contributed by atoms with Crippen LogP contribution in [0.1, 0.15) is 108 Å². The molecule has 0 spiro atoms. The second-order valence-electron chi connectivity index (χ2n) is 9.81. The first-order chi connectivity index (χ1) is 14.5. The second kappa shape index (κ2) is 11.6. The number of benzene rings is 1. The Morgan fingerprint density at radius 2 is 1.60 bits per heavy atom. The lowest BCUT2D eigenvalue weighted by molar-refractivity contribution is -0.135. The van der Waals surface area contributed by atoms with Gasteiger partial charge >= 0.3 is 0 Å². The van der Waals surface area contributed by atoms with Gasteiger partial charge in [0.15, 0.2) is 0 Å². The largest absolute Gasteiger partial charge is 0.378 e. The predicted molar refractivity (Wildman–Crippen MR) is 121 cm³/mol. The van der Waals surface area contributed by atoms with E-state index < -0.39 is 11.8 Å². The molecule has 1 nitrogen and oxygen atoms in total. The summed E-state index contributed by atoms with van der Waals surface area (Å²) in [5.41, 5.74) is 2.96. The molecule has 3 rings (SSSR count). The summed E-state index contributed by atoms with van der Waals surface area (Å²) in [5.74, 6) is -1.45. The zero-order valence-electron chi connectivity index (χ0n) is 19.2. The zero-order chi connectivity index (χ0) is 21.4. The van der Waals surface area contributed by atoms with Crippen LogP contribution < -0.4 is 0 Å². The van der Waals surface area contributed by atoms with E-state index in [-0.39, 0.29) is 12.5 Å². The molecule has 1 aromatic rings. The van der Waals surface area contributed by atoms with Crippen molar-refractivity contribution in [2.45, 2.75) is 115 Å². The second-order valence-corrected chi connectivity index (χ2v) is 9.81. The average molecular weight is 421 g/mol. The van der Waals surface area contributed by atoms with E-state index in [2.05, 4.69) is 31.2 Å². The Morgan fingerprint density at radius 3 is 2.23 bits per heavy atom. The van der Waals surface area contributed by atoms with Crippen LogP contribution in [0.15, 0.2) is 24.3 Å². The molecule has 2 unspecified atom stereocenters. The molecule has 0 bridgehead atoms. The minimum Gasteiger partial charge on any atom is -0.378 e. The third-order valence-corrected chi connectivity index (χ3v) is 7.59. The van der Waals surface area contributed by atoms with Crippen molar-refractivity contribution in [2.24, 2.45) is 11.8 Å². The summed E-state index contributed by atoms with van der Waals surface area (Å²) in [7, 11) is 0. The number of unbranched alkanes of at least 4 members (excludes halogenated alkanes) is 1. The van der Waals surface area contributed by atoms with Gasteiger partial charge in [0, 0.05) is 18.9 Å². The lowest BCUT2D eigenvalue weighted by Gasteiger charge is -2.36. The topological polar surface area (TPSA) is 9.23 Å². The van der Waals surface area contributed by atoms with E-state index in [9.17, 15) is 8.78 Å². The number of alkyl halides is 2. The van der Waals surface area contributed by atoms with Gasteiger partial charge in [0.2, 0.25) is 0 Å². The quantitative estimate of drug-likeness (QED) is 0.346. The number of aryl methyl sites for hydroxylation is 1. The summed E-state index contributed by atoms with van der Waals surface area (Å²) in [6, 6.07) is 9.30. The maximum absolute atomic E-state index is 14.4. The molecule has 2 atom stereocenters. The summed E-state index contributed by atoms with van der Waals surface area (Å²) in [5, 5.41) is 0. The predicted octanol–water partition coefficient (Wildman–Crippen LogP) is 8.31. The van der Waals surface area contributed by atoms with Crippen molar-refractivity contribution in [3.8, 4) is 0 Å². The van der Waals surface area contributed by atoms with Crippen LogP contribution in [0.5, 0.6) is 0 Å². The van der Waals surface area contributed by atoms with Crippen LogP contribution in [-0.4, -0.2) is 18.6 Å². The molecule has 2 aliphatic carbocycles. The van der Waals surface area contributed by atoms with Gasteiger partial charge in [0.1, 0.15) is 0 Å². The molecule has 30 heavy (non-hydrogen) atoms.